The third-order valence-electron chi connectivity index (χ3n) is 11.1. The Morgan fingerprint density at radius 3 is 1.82 bits per heavy atom. The van der Waals surface area contributed by atoms with Crippen LogP contribution in [0.4, 0.5) is 0 Å². The number of para-hydroxylation sites is 1. The molecule has 0 fully saturated rings. The van der Waals surface area contributed by atoms with Crippen molar-refractivity contribution in [3.8, 4) is 27.9 Å². The zero-order valence-corrected chi connectivity index (χ0v) is 26.2. The first-order valence-electron chi connectivity index (χ1n) is 16.0. The van der Waals surface area contributed by atoms with Crippen LogP contribution in [0, 0.1) is 0 Å². The molecule has 0 radical (unpaired) electrons. The average Bonchev–Trinajstić information content (AvgIpc) is 3.39. The molecule has 9 rings (SSSR count). The molecule has 216 valence electrons. The molecule has 0 amide bonds. The standard InChI is InChI=1S/C44H35N/c1-43(2)38-19-11-9-16-33(38)34-22-21-30(26-39(34)44(43,3)4)31-23-24-41(35-17-8-7-15-32(31)35)45-40-20-12-10-18-36(40)37-25-28-13-5-6-14-29(28)27-42(37)45/h5-27H,1-4H3. The molecule has 1 heterocycles. The van der Waals surface area contributed by atoms with Crippen LogP contribution in [0.5, 0.6) is 0 Å². The van der Waals surface area contributed by atoms with E-state index >= 15 is 0 Å². The van der Waals surface area contributed by atoms with Crippen molar-refractivity contribution in [2.45, 2.75) is 38.5 Å². The quantitative estimate of drug-likeness (QED) is 0.193. The second-order valence-electron chi connectivity index (χ2n) is 13.8. The molecule has 1 aliphatic carbocycles. The van der Waals surface area contributed by atoms with Crippen LogP contribution in [0.25, 0.3) is 71.3 Å². The van der Waals surface area contributed by atoms with Gasteiger partial charge in [-0.05, 0) is 90.7 Å². The van der Waals surface area contributed by atoms with Crippen LogP contribution in [-0.2, 0) is 10.8 Å². The number of hydrogen-bond donors (Lipinski definition) is 0. The van der Waals surface area contributed by atoms with Crippen LogP contribution < -0.4 is 0 Å². The van der Waals surface area contributed by atoms with Gasteiger partial charge in [0, 0.05) is 16.2 Å². The number of nitrogens with zero attached hydrogens (tertiary/aromatic N) is 1. The second kappa shape index (κ2) is 9.19. The fourth-order valence-corrected chi connectivity index (χ4v) is 8.04. The predicted molar refractivity (Wildman–Crippen MR) is 193 cm³/mol. The highest BCUT2D eigenvalue weighted by Gasteiger charge is 2.45. The molecular formula is C44H35N. The van der Waals surface area contributed by atoms with Gasteiger partial charge in [-0.25, -0.2) is 0 Å². The van der Waals surface area contributed by atoms with E-state index in [2.05, 4.69) is 172 Å². The highest BCUT2D eigenvalue weighted by Crippen LogP contribution is 2.54. The Balaban J connectivity index is 1.30. The molecule has 0 spiro atoms. The molecule has 1 heteroatoms. The van der Waals surface area contributed by atoms with Crippen molar-refractivity contribution >= 4 is 43.4 Å². The molecular weight excluding hydrogens is 542 g/mol. The van der Waals surface area contributed by atoms with Crippen molar-refractivity contribution in [2.24, 2.45) is 0 Å². The summed E-state index contributed by atoms with van der Waals surface area (Å²) >= 11 is 0. The average molecular weight is 578 g/mol. The Kier molecular flexibility index (Phi) is 5.37. The summed E-state index contributed by atoms with van der Waals surface area (Å²) in [6.07, 6.45) is 0. The van der Waals surface area contributed by atoms with Crippen molar-refractivity contribution in [1.82, 2.24) is 4.57 Å². The van der Waals surface area contributed by atoms with Gasteiger partial charge in [0.1, 0.15) is 0 Å². The molecule has 45 heavy (non-hydrogen) atoms. The summed E-state index contributed by atoms with van der Waals surface area (Å²) < 4.78 is 2.47. The Bertz CT molecular complexity index is 2490. The first kappa shape index (κ1) is 26.3. The summed E-state index contributed by atoms with van der Waals surface area (Å²) in [5, 5.41) is 7.64. The molecule has 7 aromatic carbocycles. The molecule has 0 N–H and O–H groups in total. The summed E-state index contributed by atoms with van der Waals surface area (Å²) in [4.78, 5) is 0. The summed E-state index contributed by atoms with van der Waals surface area (Å²) in [5.41, 5.74) is 11.8. The van der Waals surface area contributed by atoms with Gasteiger partial charge in [-0.15, -0.1) is 0 Å². The molecule has 1 aromatic heterocycles. The molecule has 0 unspecified atom stereocenters. The molecule has 8 aromatic rings. The van der Waals surface area contributed by atoms with Crippen LogP contribution in [0.3, 0.4) is 0 Å². The van der Waals surface area contributed by atoms with Crippen LogP contribution in [0.1, 0.15) is 38.8 Å². The van der Waals surface area contributed by atoms with Crippen molar-refractivity contribution in [3.63, 3.8) is 0 Å². The number of fused-ring (bicyclic) bond motifs is 8. The summed E-state index contributed by atoms with van der Waals surface area (Å²) in [7, 11) is 0. The van der Waals surface area contributed by atoms with Gasteiger partial charge in [0.25, 0.3) is 0 Å². The van der Waals surface area contributed by atoms with Crippen molar-refractivity contribution in [3.05, 3.63) is 151 Å². The van der Waals surface area contributed by atoms with Crippen LogP contribution in [0.2, 0.25) is 0 Å². The lowest BCUT2D eigenvalue weighted by atomic mass is 9.55. The zero-order chi connectivity index (χ0) is 30.5. The highest BCUT2D eigenvalue weighted by molar-refractivity contribution is 6.15. The molecule has 0 aliphatic heterocycles. The van der Waals surface area contributed by atoms with E-state index in [1.165, 1.54) is 82.4 Å². The van der Waals surface area contributed by atoms with Crippen LogP contribution >= 0.6 is 0 Å². The van der Waals surface area contributed by atoms with Gasteiger partial charge in [0.15, 0.2) is 0 Å². The summed E-state index contributed by atoms with van der Waals surface area (Å²) in [6, 6.07) is 52.0. The monoisotopic (exact) mass is 577 g/mol. The lowest BCUT2D eigenvalue weighted by Gasteiger charge is -2.48. The summed E-state index contributed by atoms with van der Waals surface area (Å²) in [6.45, 7) is 9.64. The Morgan fingerprint density at radius 1 is 0.400 bits per heavy atom. The van der Waals surface area contributed by atoms with Gasteiger partial charge in [-0.3, -0.25) is 0 Å². The lowest BCUT2D eigenvalue weighted by molar-refractivity contribution is 0.299. The SMILES string of the molecule is CC1(C)c2ccccc2-c2ccc(-c3ccc(-n4c5ccccc5c5cc6ccccc6cc54)c4ccccc34)cc2C1(C)C. The molecule has 1 aliphatic rings. The maximum atomic E-state index is 2.47. The van der Waals surface area contributed by atoms with E-state index < -0.39 is 0 Å². The van der Waals surface area contributed by atoms with E-state index in [9.17, 15) is 0 Å². The molecule has 0 bridgehead atoms. The third kappa shape index (κ3) is 3.56. The van der Waals surface area contributed by atoms with Gasteiger partial charge < -0.3 is 4.57 Å². The first-order chi connectivity index (χ1) is 21.8. The third-order valence-corrected chi connectivity index (χ3v) is 11.1. The first-order valence-corrected chi connectivity index (χ1v) is 16.0. The van der Waals surface area contributed by atoms with Crippen molar-refractivity contribution in [1.29, 1.82) is 0 Å². The van der Waals surface area contributed by atoms with E-state index in [0.29, 0.717) is 0 Å². The van der Waals surface area contributed by atoms with Crippen molar-refractivity contribution in [2.75, 3.05) is 0 Å². The minimum Gasteiger partial charge on any atom is -0.309 e. The van der Waals surface area contributed by atoms with Gasteiger partial charge in [-0.1, -0.05) is 137 Å². The Hall–Kier alpha value is -5.14. The molecule has 1 nitrogen and oxygen atoms in total. The van der Waals surface area contributed by atoms with Crippen LogP contribution in [-0.4, -0.2) is 4.57 Å². The maximum Gasteiger partial charge on any atom is 0.0547 e. The topological polar surface area (TPSA) is 4.93 Å². The minimum atomic E-state index is -0.0335. The maximum absolute atomic E-state index is 2.47. The Morgan fingerprint density at radius 2 is 1.00 bits per heavy atom. The fraction of sp³-hybridized carbons (Fsp3) is 0.136. The van der Waals surface area contributed by atoms with Crippen LogP contribution in [0.15, 0.2) is 140 Å². The summed E-state index contributed by atoms with van der Waals surface area (Å²) in [5.74, 6) is 0. The number of hydrogen-bond acceptors (Lipinski definition) is 0. The Labute approximate surface area is 264 Å². The van der Waals surface area contributed by atoms with Gasteiger partial charge >= 0.3 is 0 Å². The van der Waals surface area contributed by atoms with Gasteiger partial charge in [0.2, 0.25) is 0 Å². The number of aromatic nitrogens is 1. The fourth-order valence-electron chi connectivity index (χ4n) is 8.04. The largest absolute Gasteiger partial charge is 0.309 e. The number of rotatable bonds is 2. The van der Waals surface area contributed by atoms with E-state index in [1.54, 1.807) is 0 Å². The molecule has 0 saturated heterocycles. The molecule has 0 atom stereocenters. The normalized spacial score (nSPS) is 15.0. The second-order valence-corrected chi connectivity index (χ2v) is 13.8. The lowest BCUT2D eigenvalue weighted by Crippen LogP contribution is -2.43. The number of benzene rings is 7. The van der Waals surface area contributed by atoms with E-state index in [0.717, 1.165) is 0 Å². The van der Waals surface area contributed by atoms with Gasteiger partial charge in [0.05, 0.1) is 16.7 Å². The predicted octanol–water partition coefficient (Wildman–Crippen LogP) is 12.0. The van der Waals surface area contributed by atoms with E-state index in [4.69, 9.17) is 0 Å². The molecule has 0 saturated carbocycles. The highest BCUT2D eigenvalue weighted by atomic mass is 15.0. The zero-order valence-electron chi connectivity index (χ0n) is 26.2. The van der Waals surface area contributed by atoms with Gasteiger partial charge in [-0.2, -0.15) is 0 Å². The van der Waals surface area contributed by atoms with E-state index in [-0.39, 0.29) is 10.8 Å². The van der Waals surface area contributed by atoms with E-state index in [1.807, 2.05) is 0 Å². The minimum absolute atomic E-state index is 0.00183. The van der Waals surface area contributed by atoms with Crippen molar-refractivity contribution < 1.29 is 0 Å². The smallest absolute Gasteiger partial charge is 0.0547 e.